The van der Waals surface area contributed by atoms with E-state index in [-0.39, 0.29) is 19.0 Å². The van der Waals surface area contributed by atoms with E-state index in [1.807, 2.05) is 60.8 Å². The topological polar surface area (TPSA) is 68.1 Å². The Bertz CT molecular complexity index is 1000. The minimum absolute atomic E-state index is 0.0948. The second-order valence-electron chi connectivity index (χ2n) is 5.75. The zero-order valence-corrected chi connectivity index (χ0v) is 13.4. The molecule has 0 saturated carbocycles. The monoisotopic (exact) mass is 332 g/mol. The van der Waals surface area contributed by atoms with E-state index in [1.54, 1.807) is 6.07 Å². The molecule has 4 aromatic rings. The Labute approximate surface area is 144 Å². The molecule has 0 atom stereocenters. The highest BCUT2D eigenvalue weighted by Crippen LogP contribution is 2.21. The Kier molecular flexibility index (Phi) is 4.04. The van der Waals surface area contributed by atoms with Crippen molar-refractivity contribution in [2.75, 3.05) is 0 Å². The molecule has 0 fully saturated rings. The first-order valence-corrected chi connectivity index (χ1v) is 8.01. The zero-order valence-electron chi connectivity index (χ0n) is 13.4. The number of hydrogen-bond donors (Lipinski definition) is 1. The second kappa shape index (κ2) is 6.65. The number of aromatic nitrogens is 2. The summed E-state index contributed by atoms with van der Waals surface area (Å²) in [4.78, 5) is 15.3. The van der Waals surface area contributed by atoms with Gasteiger partial charge in [0.25, 0.3) is 0 Å². The van der Waals surface area contributed by atoms with E-state index in [4.69, 9.17) is 9.26 Å². The first-order chi connectivity index (χ1) is 12.3. The van der Waals surface area contributed by atoms with Crippen LogP contribution in [0.3, 0.4) is 0 Å². The third kappa shape index (κ3) is 3.30. The van der Waals surface area contributed by atoms with E-state index >= 15 is 0 Å². The molecule has 0 spiro atoms. The molecule has 0 aliphatic carbocycles. The Morgan fingerprint density at radius 3 is 2.76 bits per heavy atom. The average molecular weight is 332 g/mol. The van der Waals surface area contributed by atoms with Gasteiger partial charge in [0, 0.05) is 28.7 Å². The van der Waals surface area contributed by atoms with E-state index < -0.39 is 0 Å². The lowest BCUT2D eigenvalue weighted by Gasteiger charge is -2.01. The van der Waals surface area contributed by atoms with Crippen LogP contribution in [0, 0.1) is 0 Å². The molecule has 0 aliphatic rings. The fourth-order valence-electron chi connectivity index (χ4n) is 2.76. The first-order valence-electron chi connectivity index (χ1n) is 8.01. The zero-order chi connectivity index (χ0) is 17.1. The lowest BCUT2D eigenvalue weighted by atomic mass is 10.1. The van der Waals surface area contributed by atoms with Crippen molar-refractivity contribution in [1.82, 2.24) is 10.1 Å². The number of carbonyl (C=O) groups is 1. The van der Waals surface area contributed by atoms with Crippen molar-refractivity contribution in [3.05, 3.63) is 78.1 Å². The Morgan fingerprint density at radius 2 is 1.88 bits per heavy atom. The minimum Gasteiger partial charge on any atom is -0.459 e. The van der Waals surface area contributed by atoms with Crippen LogP contribution in [0.1, 0.15) is 11.3 Å². The number of carbonyl (C=O) groups excluding carboxylic acids is 1. The number of hydrogen-bond acceptors (Lipinski definition) is 4. The van der Waals surface area contributed by atoms with E-state index in [0.29, 0.717) is 11.5 Å². The number of esters is 1. The summed E-state index contributed by atoms with van der Waals surface area (Å²) in [5, 5.41) is 4.99. The van der Waals surface area contributed by atoms with E-state index in [1.165, 1.54) is 0 Å². The Hall–Kier alpha value is -3.34. The van der Waals surface area contributed by atoms with E-state index in [2.05, 4.69) is 10.1 Å². The summed E-state index contributed by atoms with van der Waals surface area (Å²) in [5.74, 6) is 0.359. The maximum atomic E-state index is 12.1. The quantitative estimate of drug-likeness (QED) is 0.559. The summed E-state index contributed by atoms with van der Waals surface area (Å²) in [6, 6.07) is 19.3. The highest BCUT2D eigenvalue weighted by atomic mass is 16.5. The fourth-order valence-corrected chi connectivity index (χ4v) is 2.76. The molecule has 0 saturated heterocycles. The van der Waals surface area contributed by atoms with Crippen molar-refractivity contribution in [1.29, 1.82) is 0 Å². The molecule has 0 amide bonds. The maximum absolute atomic E-state index is 12.1. The number of fused-ring (bicyclic) bond motifs is 1. The van der Waals surface area contributed by atoms with Gasteiger partial charge in [-0.3, -0.25) is 4.79 Å². The molecule has 2 aromatic carbocycles. The Balaban J connectivity index is 1.38. The molecule has 124 valence electrons. The first kappa shape index (κ1) is 15.2. The summed E-state index contributed by atoms with van der Waals surface area (Å²) in [5.41, 5.74) is 3.46. The van der Waals surface area contributed by atoms with Crippen molar-refractivity contribution >= 4 is 16.9 Å². The van der Waals surface area contributed by atoms with Gasteiger partial charge in [0.2, 0.25) is 0 Å². The van der Waals surface area contributed by atoms with Crippen LogP contribution in [-0.2, 0) is 22.6 Å². The van der Waals surface area contributed by atoms with Crippen LogP contribution in [0.5, 0.6) is 0 Å². The maximum Gasteiger partial charge on any atom is 0.310 e. The SMILES string of the molecule is O=C(Cc1c[nH]c2ccccc12)OCc1cc(-c2ccccc2)on1. The summed E-state index contributed by atoms with van der Waals surface area (Å²) < 4.78 is 10.6. The highest BCUT2D eigenvalue weighted by Gasteiger charge is 2.12. The molecule has 5 heteroatoms. The van der Waals surface area contributed by atoms with Crippen molar-refractivity contribution in [2.45, 2.75) is 13.0 Å². The number of nitrogens with one attached hydrogen (secondary N) is 1. The summed E-state index contributed by atoms with van der Waals surface area (Å²) >= 11 is 0. The fraction of sp³-hybridized carbons (Fsp3) is 0.100. The molecule has 0 bridgehead atoms. The molecule has 0 radical (unpaired) electrons. The molecular weight excluding hydrogens is 316 g/mol. The number of nitrogens with zero attached hydrogens (tertiary/aromatic N) is 1. The summed E-state index contributed by atoms with van der Waals surface area (Å²) in [6.45, 7) is 0.0948. The molecule has 4 rings (SSSR count). The van der Waals surface area contributed by atoms with Crippen molar-refractivity contribution in [3.8, 4) is 11.3 Å². The largest absolute Gasteiger partial charge is 0.459 e. The molecule has 5 nitrogen and oxygen atoms in total. The van der Waals surface area contributed by atoms with Crippen molar-refractivity contribution < 1.29 is 14.1 Å². The van der Waals surface area contributed by atoms with Gasteiger partial charge in [0.05, 0.1) is 6.42 Å². The number of ether oxygens (including phenoxy) is 1. The van der Waals surface area contributed by atoms with Gasteiger partial charge in [-0.25, -0.2) is 0 Å². The molecule has 1 N–H and O–H groups in total. The van der Waals surface area contributed by atoms with Crippen LogP contribution >= 0.6 is 0 Å². The molecule has 2 heterocycles. The smallest absolute Gasteiger partial charge is 0.310 e. The highest BCUT2D eigenvalue weighted by molar-refractivity contribution is 5.87. The standard InChI is InChI=1S/C20H16N2O3/c23-20(10-15-12-21-18-9-5-4-8-17(15)18)24-13-16-11-19(25-22-16)14-6-2-1-3-7-14/h1-9,11-12,21H,10,13H2. The van der Waals surface area contributed by atoms with Crippen molar-refractivity contribution in [2.24, 2.45) is 0 Å². The van der Waals surface area contributed by atoms with E-state index in [9.17, 15) is 4.79 Å². The van der Waals surface area contributed by atoms with Crippen molar-refractivity contribution in [3.63, 3.8) is 0 Å². The van der Waals surface area contributed by atoms with Crippen LogP contribution in [0.4, 0.5) is 0 Å². The van der Waals surface area contributed by atoms with Gasteiger partial charge in [-0.15, -0.1) is 0 Å². The summed E-state index contributed by atoms with van der Waals surface area (Å²) in [6.07, 6.45) is 2.06. The number of rotatable bonds is 5. The second-order valence-corrected chi connectivity index (χ2v) is 5.75. The Morgan fingerprint density at radius 1 is 1.08 bits per heavy atom. The van der Waals surface area contributed by atoms with E-state index in [0.717, 1.165) is 22.0 Å². The van der Waals surface area contributed by atoms with Crippen LogP contribution in [0.25, 0.3) is 22.2 Å². The van der Waals surface area contributed by atoms with Gasteiger partial charge < -0.3 is 14.2 Å². The third-order valence-corrected chi connectivity index (χ3v) is 4.01. The van der Waals surface area contributed by atoms with Gasteiger partial charge in [-0.05, 0) is 11.6 Å². The third-order valence-electron chi connectivity index (χ3n) is 4.01. The van der Waals surface area contributed by atoms with Gasteiger partial charge >= 0.3 is 5.97 Å². The number of benzene rings is 2. The molecule has 0 unspecified atom stereocenters. The minimum atomic E-state index is -0.297. The molecule has 0 aliphatic heterocycles. The molecular formula is C20H16N2O3. The van der Waals surface area contributed by atoms with Crippen LogP contribution in [0.2, 0.25) is 0 Å². The number of H-pyrrole nitrogens is 1. The number of para-hydroxylation sites is 1. The van der Waals surface area contributed by atoms with Crippen LogP contribution < -0.4 is 0 Å². The normalized spacial score (nSPS) is 10.9. The van der Waals surface area contributed by atoms with Gasteiger partial charge in [-0.2, -0.15) is 0 Å². The molecule has 2 aromatic heterocycles. The number of aromatic amines is 1. The predicted molar refractivity (Wildman–Crippen MR) is 93.7 cm³/mol. The van der Waals surface area contributed by atoms with Gasteiger partial charge in [0.15, 0.2) is 5.76 Å². The van der Waals surface area contributed by atoms with Crippen LogP contribution in [0.15, 0.2) is 71.4 Å². The van der Waals surface area contributed by atoms with Crippen LogP contribution in [-0.4, -0.2) is 16.1 Å². The lowest BCUT2D eigenvalue weighted by molar-refractivity contribution is -0.144. The predicted octanol–water partition coefficient (Wildman–Crippen LogP) is 4.11. The van der Waals surface area contributed by atoms with Gasteiger partial charge in [-0.1, -0.05) is 53.7 Å². The average Bonchev–Trinajstić information content (AvgIpc) is 3.28. The molecule has 25 heavy (non-hydrogen) atoms. The van der Waals surface area contributed by atoms with Gasteiger partial charge in [0.1, 0.15) is 12.3 Å². The summed E-state index contributed by atoms with van der Waals surface area (Å²) in [7, 11) is 0. The lowest BCUT2D eigenvalue weighted by Crippen LogP contribution is -2.07.